The fourth-order valence-corrected chi connectivity index (χ4v) is 4.78. The van der Waals surface area contributed by atoms with Gasteiger partial charge in [-0.05, 0) is 54.3 Å². The molecule has 0 bridgehead atoms. The Bertz CT molecular complexity index is 994. The molecule has 2 aliphatic rings. The van der Waals surface area contributed by atoms with E-state index in [9.17, 15) is 14.4 Å². The summed E-state index contributed by atoms with van der Waals surface area (Å²) in [7, 11) is 0. The second-order valence-electron chi connectivity index (χ2n) is 7.32. The first-order valence-electron chi connectivity index (χ1n) is 9.70. The van der Waals surface area contributed by atoms with E-state index in [1.807, 2.05) is 48.9 Å². The first kappa shape index (κ1) is 20.8. The zero-order valence-corrected chi connectivity index (χ0v) is 18.4. The van der Waals surface area contributed by atoms with Crippen molar-refractivity contribution in [2.75, 3.05) is 30.1 Å². The SMILES string of the molecule is CSCC(=O)N[C@H]1CCN2C(=O)c3cc(-c4ccc(SC)cc4)ccc3NC(=O)[C@H]12. The zero-order valence-electron chi connectivity index (χ0n) is 16.8. The van der Waals surface area contributed by atoms with Crippen molar-refractivity contribution < 1.29 is 14.4 Å². The van der Waals surface area contributed by atoms with Gasteiger partial charge in [-0.3, -0.25) is 14.4 Å². The topological polar surface area (TPSA) is 78.5 Å². The molecule has 156 valence electrons. The van der Waals surface area contributed by atoms with Gasteiger partial charge >= 0.3 is 0 Å². The minimum atomic E-state index is -0.694. The van der Waals surface area contributed by atoms with Crippen LogP contribution in [-0.2, 0) is 9.59 Å². The summed E-state index contributed by atoms with van der Waals surface area (Å²) in [5.74, 6) is -0.228. The molecule has 2 heterocycles. The third-order valence-corrected chi connectivity index (χ3v) is 6.77. The average molecular weight is 442 g/mol. The van der Waals surface area contributed by atoms with Crippen molar-refractivity contribution in [2.45, 2.75) is 23.4 Å². The van der Waals surface area contributed by atoms with Gasteiger partial charge in [0.2, 0.25) is 11.8 Å². The van der Waals surface area contributed by atoms with E-state index in [0.717, 1.165) is 11.1 Å². The fourth-order valence-electron chi connectivity index (χ4n) is 4.03. The van der Waals surface area contributed by atoms with E-state index in [1.54, 1.807) is 22.7 Å². The van der Waals surface area contributed by atoms with Crippen molar-refractivity contribution in [3.63, 3.8) is 0 Å². The molecule has 0 aromatic heterocycles. The maximum absolute atomic E-state index is 13.3. The number of thioether (sulfide) groups is 2. The quantitative estimate of drug-likeness (QED) is 0.697. The molecule has 0 unspecified atom stereocenters. The van der Waals surface area contributed by atoms with Crippen LogP contribution in [0.3, 0.4) is 0 Å². The van der Waals surface area contributed by atoms with Gasteiger partial charge < -0.3 is 15.5 Å². The molecule has 30 heavy (non-hydrogen) atoms. The van der Waals surface area contributed by atoms with Crippen molar-refractivity contribution >= 4 is 46.9 Å². The van der Waals surface area contributed by atoms with Crippen molar-refractivity contribution in [2.24, 2.45) is 0 Å². The van der Waals surface area contributed by atoms with Crippen LogP contribution in [0.25, 0.3) is 11.1 Å². The predicted octanol–water partition coefficient (Wildman–Crippen LogP) is 3.09. The number of rotatable bonds is 5. The molecule has 2 aromatic rings. The van der Waals surface area contributed by atoms with Crippen LogP contribution in [-0.4, -0.2) is 59.5 Å². The second-order valence-corrected chi connectivity index (χ2v) is 9.06. The van der Waals surface area contributed by atoms with E-state index < -0.39 is 6.04 Å². The molecule has 1 fully saturated rings. The van der Waals surface area contributed by atoms with E-state index in [1.165, 1.54) is 16.7 Å². The lowest BCUT2D eigenvalue weighted by Crippen LogP contribution is -2.51. The Hall–Kier alpha value is -2.45. The van der Waals surface area contributed by atoms with E-state index in [0.29, 0.717) is 30.0 Å². The molecule has 0 radical (unpaired) electrons. The molecule has 6 nitrogen and oxygen atoms in total. The summed E-state index contributed by atoms with van der Waals surface area (Å²) in [6.45, 7) is 0.438. The van der Waals surface area contributed by atoms with Gasteiger partial charge in [0.15, 0.2) is 0 Å². The first-order chi connectivity index (χ1) is 14.5. The molecule has 2 atom stereocenters. The van der Waals surface area contributed by atoms with Crippen LogP contribution in [0, 0.1) is 0 Å². The molecule has 2 N–H and O–H groups in total. The summed E-state index contributed by atoms with van der Waals surface area (Å²) >= 11 is 3.10. The van der Waals surface area contributed by atoms with Crippen molar-refractivity contribution in [3.05, 3.63) is 48.0 Å². The van der Waals surface area contributed by atoms with E-state index >= 15 is 0 Å². The molecule has 0 spiro atoms. The Morgan fingerprint density at radius 1 is 1.13 bits per heavy atom. The number of fused-ring (bicyclic) bond motifs is 2. The molecule has 0 saturated carbocycles. The van der Waals surface area contributed by atoms with E-state index in [-0.39, 0.29) is 23.8 Å². The van der Waals surface area contributed by atoms with Gasteiger partial charge in [-0.25, -0.2) is 0 Å². The Labute approximate surface area is 184 Å². The number of nitrogens with zero attached hydrogens (tertiary/aromatic N) is 1. The number of benzene rings is 2. The normalized spacial score (nSPS) is 20.3. The number of amides is 3. The monoisotopic (exact) mass is 441 g/mol. The summed E-state index contributed by atoms with van der Waals surface area (Å²) in [5, 5.41) is 5.81. The number of carbonyl (C=O) groups excluding carboxylic acids is 3. The van der Waals surface area contributed by atoms with Crippen molar-refractivity contribution in [1.29, 1.82) is 0 Å². The Morgan fingerprint density at radius 3 is 2.57 bits per heavy atom. The van der Waals surface area contributed by atoms with Crippen LogP contribution in [0.2, 0.25) is 0 Å². The molecular formula is C22H23N3O3S2. The number of anilines is 1. The minimum absolute atomic E-state index is 0.118. The molecule has 4 rings (SSSR count). The number of hydrogen-bond acceptors (Lipinski definition) is 5. The van der Waals surface area contributed by atoms with Crippen LogP contribution in [0.5, 0.6) is 0 Å². The fraction of sp³-hybridized carbons (Fsp3) is 0.318. The highest BCUT2D eigenvalue weighted by Crippen LogP contribution is 2.32. The minimum Gasteiger partial charge on any atom is -0.350 e. The maximum Gasteiger partial charge on any atom is 0.256 e. The van der Waals surface area contributed by atoms with E-state index in [2.05, 4.69) is 10.6 Å². The lowest BCUT2D eigenvalue weighted by molar-refractivity contribution is -0.122. The Balaban J connectivity index is 1.63. The third kappa shape index (κ3) is 3.94. The lowest BCUT2D eigenvalue weighted by Gasteiger charge is -2.24. The third-order valence-electron chi connectivity index (χ3n) is 5.48. The van der Waals surface area contributed by atoms with Crippen LogP contribution >= 0.6 is 23.5 Å². The molecule has 3 amide bonds. The highest BCUT2D eigenvalue weighted by molar-refractivity contribution is 7.99. The Morgan fingerprint density at radius 2 is 1.87 bits per heavy atom. The van der Waals surface area contributed by atoms with Gasteiger partial charge in [-0.15, -0.1) is 11.8 Å². The van der Waals surface area contributed by atoms with Crippen LogP contribution in [0.15, 0.2) is 47.4 Å². The Kier molecular flexibility index (Phi) is 6.06. The van der Waals surface area contributed by atoms with E-state index in [4.69, 9.17) is 0 Å². The standard InChI is InChI=1S/C22H23N3O3S2/c1-29-12-19(26)23-18-9-10-25-20(18)21(27)24-17-8-5-14(11-16(17)22(25)28)13-3-6-15(30-2)7-4-13/h3-8,11,18,20H,9-10,12H2,1-2H3,(H,23,26)(H,24,27)/t18-,20-/m0/s1. The summed E-state index contributed by atoms with van der Waals surface area (Å²) < 4.78 is 0. The number of carbonyl (C=O) groups is 3. The van der Waals surface area contributed by atoms with Crippen LogP contribution < -0.4 is 10.6 Å². The lowest BCUT2D eigenvalue weighted by atomic mass is 10.0. The molecule has 8 heteroatoms. The van der Waals surface area contributed by atoms with Crippen LogP contribution in [0.1, 0.15) is 16.8 Å². The number of hydrogen-bond donors (Lipinski definition) is 2. The van der Waals surface area contributed by atoms with Gasteiger partial charge in [-0.2, -0.15) is 11.8 Å². The summed E-state index contributed by atoms with van der Waals surface area (Å²) in [5.41, 5.74) is 2.93. The molecule has 2 aromatic carbocycles. The van der Waals surface area contributed by atoms with Gasteiger partial charge in [0, 0.05) is 11.4 Å². The highest BCUT2D eigenvalue weighted by atomic mass is 32.2. The highest BCUT2D eigenvalue weighted by Gasteiger charge is 2.45. The second kappa shape index (κ2) is 8.73. The number of nitrogens with one attached hydrogen (secondary N) is 2. The summed E-state index contributed by atoms with van der Waals surface area (Å²) in [6, 6.07) is 12.6. The van der Waals surface area contributed by atoms with Gasteiger partial charge in [-0.1, -0.05) is 18.2 Å². The van der Waals surface area contributed by atoms with Crippen molar-refractivity contribution in [3.8, 4) is 11.1 Å². The molecular weight excluding hydrogens is 418 g/mol. The largest absolute Gasteiger partial charge is 0.350 e. The molecule has 1 saturated heterocycles. The first-order valence-corrected chi connectivity index (χ1v) is 12.3. The van der Waals surface area contributed by atoms with Gasteiger partial charge in [0.25, 0.3) is 5.91 Å². The maximum atomic E-state index is 13.3. The molecule has 2 aliphatic heterocycles. The van der Waals surface area contributed by atoms with Crippen molar-refractivity contribution in [1.82, 2.24) is 10.2 Å². The predicted molar refractivity (Wildman–Crippen MR) is 122 cm³/mol. The zero-order chi connectivity index (χ0) is 21.3. The van der Waals surface area contributed by atoms with Gasteiger partial charge in [0.05, 0.1) is 23.0 Å². The van der Waals surface area contributed by atoms with Crippen LogP contribution in [0.4, 0.5) is 5.69 Å². The summed E-state index contributed by atoms with van der Waals surface area (Å²) in [6.07, 6.45) is 4.45. The smallest absolute Gasteiger partial charge is 0.256 e. The average Bonchev–Trinajstić information content (AvgIpc) is 3.13. The summed E-state index contributed by atoms with van der Waals surface area (Å²) in [4.78, 5) is 41.0. The molecule has 0 aliphatic carbocycles. The van der Waals surface area contributed by atoms with Gasteiger partial charge in [0.1, 0.15) is 6.04 Å².